The van der Waals surface area contributed by atoms with E-state index in [4.69, 9.17) is 4.74 Å². The molecule has 0 saturated carbocycles. The van der Waals surface area contributed by atoms with Crippen molar-refractivity contribution in [3.63, 3.8) is 0 Å². The van der Waals surface area contributed by atoms with E-state index in [-0.39, 0.29) is 12.1 Å². The normalized spacial score (nSPS) is 12.2. The van der Waals surface area contributed by atoms with Crippen molar-refractivity contribution < 1.29 is 9.53 Å². The predicted molar refractivity (Wildman–Crippen MR) is 56.0 cm³/mol. The van der Waals surface area contributed by atoms with Crippen LogP contribution in [0.4, 0.5) is 0 Å². The van der Waals surface area contributed by atoms with Crippen LogP contribution < -0.4 is 0 Å². The Bertz CT molecular complexity index is 301. The summed E-state index contributed by atoms with van der Waals surface area (Å²) in [5, 5.41) is 0. The second-order valence-corrected chi connectivity index (χ2v) is 3.42. The summed E-state index contributed by atoms with van der Waals surface area (Å²) in [6.45, 7) is 5.49. The molecule has 0 aromatic heterocycles. The van der Waals surface area contributed by atoms with Crippen molar-refractivity contribution in [1.82, 2.24) is 0 Å². The molecule has 76 valence electrons. The number of aryl methyl sites for hydroxylation is 1. The smallest absolute Gasteiger partial charge is 0.303 e. The van der Waals surface area contributed by atoms with Gasteiger partial charge in [0.2, 0.25) is 0 Å². The van der Waals surface area contributed by atoms with Crippen LogP contribution in [0.25, 0.3) is 0 Å². The van der Waals surface area contributed by atoms with Gasteiger partial charge in [0.15, 0.2) is 0 Å². The highest BCUT2D eigenvalue weighted by molar-refractivity contribution is 5.66. The summed E-state index contributed by atoms with van der Waals surface area (Å²) in [5.41, 5.74) is 2.28. The number of hydrogen-bond acceptors (Lipinski definition) is 2. The topological polar surface area (TPSA) is 26.3 Å². The van der Waals surface area contributed by atoms with Crippen molar-refractivity contribution >= 4 is 5.97 Å². The van der Waals surface area contributed by atoms with Crippen molar-refractivity contribution in [2.75, 3.05) is 0 Å². The molecule has 1 rings (SSSR count). The van der Waals surface area contributed by atoms with E-state index in [9.17, 15) is 4.79 Å². The molecule has 2 heteroatoms. The van der Waals surface area contributed by atoms with Gasteiger partial charge >= 0.3 is 5.97 Å². The molecule has 0 heterocycles. The summed E-state index contributed by atoms with van der Waals surface area (Å²) in [5.74, 6) is -0.225. The summed E-state index contributed by atoms with van der Waals surface area (Å²) in [6, 6.07) is 8.07. The monoisotopic (exact) mass is 192 g/mol. The van der Waals surface area contributed by atoms with Crippen LogP contribution in [0.1, 0.15) is 37.5 Å². The lowest BCUT2D eigenvalue weighted by molar-refractivity contribution is -0.146. The fourth-order valence-corrected chi connectivity index (χ4v) is 1.37. The van der Waals surface area contributed by atoms with Gasteiger partial charge in [-0.2, -0.15) is 0 Å². The van der Waals surface area contributed by atoms with Crippen LogP contribution in [0.15, 0.2) is 24.3 Å². The molecule has 1 atom stereocenters. The molecule has 1 aromatic carbocycles. The minimum Gasteiger partial charge on any atom is -0.458 e. The van der Waals surface area contributed by atoms with Gasteiger partial charge in [0.25, 0.3) is 0 Å². The van der Waals surface area contributed by atoms with Gasteiger partial charge in [-0.25, -0.2) is 0 Å². The Morgan fingerprint density at radius 1 is 1.36 bits per heavy atom. The lowest BCUT2D eigenvalue weighted by atomic mass is 10.1. The third kappa shape index (κ3) is 2.87. The van der Waals surface area contributed by atoms with Crippen molar-refractivity contribution in [3.05, 3.63) is 35.4 Å². The lowest BCUT2D eigenvalue weighted by Crippen LogP contribution is -2.07. The van der Waals surface area contributed by atoms with E-state index >= 15 is 0 Å². The van der Waals surface area contributed by atoms with Crippen LogP contribution >= 0.6 is 0 Å². The molecule has 0 bridgehead atoms. The first-order valence-corrected chi connectivity index (χ1v) is 4.87. The molecule has 0 aliphatic heterocycles. The Hall–Kier alpha value is -1.31. The second-order valence-electron chi connectivity index (χ2n) is 3.42. The summed E-state index contributed by atoms with van der Waals surface area (Å²) >= 11 is 0. The zero-order valence-electron chi connectivity index (χ0n) is 8.91. The highest BCUT2D eigenvalue weighted by Gasteiger charge is 2.11. The highest BCUT2D eigenvalue weighted by atomic mass is 16.5. The Labute approximate surface area is 84.9 Å². The first-order valence-electron chi connectivity index (χ1n) is 4.87. The van der Waals surface area contributed by atoms with Crippen molar-refractivity contribution in [2.24, 2.45) is 0 Å². The van der Waals surface area contributed by atoms with Crippen molar-refractivity contribution in [2.45, 2.75) is 33.3 Å². The van der Waals surface area contributed by atoms with Crippen LogP contribution in [0.2, 0.25) is 0 Å². The van der Waals surface area contributed by atoms with Crippen LogP contribution in [-0.4, -0.2) is 5.97 Å². The van der Waals surface area contributed by atoms with Gasteiger partial charge in [-0.15, -0.1) is 0 Å². The molecule has 1 unspecified atom stereocenters. The maximum atomic E-state index is 10.8. The minimum absolute atomic E-state index is 0.104. The van der Waals surface area contributed by atoms with Gasteiger partial charge in [-0.3, -0.25) is 4.79 Å². The van der Waals surface area contributed by atoms with Gasteiger partial charge in [-0.1, -0.05) is 36.8 Å². The molecule has 14 heavy (non-hydrogen) atoms. The predicted octanol–water partition coefficient (Wildman–Crippen LogP) is 3.01. The molecule has 0 fully saturated rings. The average Bonchev–Trinajstić information content (AvgIpc) is 2.15. The third-order valence-corrected chi connectivity index (χ3v) is 2.13. The van der Waals surface area contributed by atoms with E-state index in [0.29, 0.717) is 0 Å². The first kappa shape index (κ1) is 10.8. The summed E-state index contributed by atoms with van der Waals surface area (Å²) in [6.07, 6.45) is 0.705. The van der Waals surface area contributed by atoms with Gasteiger partial charge in [0.1, 0.15) is 6.10 Å². The van der Waals surface area contributed by atoms with Crippen LogP contribution in [0.5, 0.6) is 0 Å². The number of carbonyl (C=O) groups excluding carboxylic acids is 1. The third-order valence-electron chi connectivity index (χ3n) is 2.13. The molecule has 2 nitrogen and oxygen atoms in total. The van der Waals surface area contributed by atoms with Gasteiger partial charge in [0.05, 0.1) is 0 Å². The molecule has 0 radical (unpaired) electrons. The maximum absolute atomic E-state index is 10.8. The first-order chi connectivity index (χ1) is 6.63. The molecule has 0 saturated heterocycles. The van der Waals surface area contributed by atoms with E-state index in [2.05, 4.69) is 0 Å². The Kier molecular flexibility index (Phi) is 3.69. The quantitative estimate of drug-likeness (QED) is 0.688. The Morgan fingerprint density at radius 3 is 2.36 bits per heavy atom. The number of carbonyl (C=O) groups is 1. The number of benzene rings is 1. The average molecular weight is 192 g/mol. The van der Waals surface area contributed by atoms with E-state index in [1.165, 1.54) is 12.5 Å². The molecule has 0 aliphatic rings. The molecule has 0 spiro atoms. The van der Waals surface area contributed by atoms with E-state index < -0.39 is 0 Å². The van der Waals surface area contributed by atoms with Gasteiger partial charge < -0.3 is 4.74 Å². The molecule has 0 amide bonds. The molecule has 1 aromatic rings. The minimum atomic E-state index is -0.225. The fraction of sp³-hybridized carbons (Fsp3) is 0.417. The number of ether oxygens (including phenoxy) is 1. The lowest BCUT2D eigenvalue weighted by Gasteiger charge is -2.15. The SMILES string of the molecule is CCC(OC(C)=O)c1ccc(C)cc1. The van der Waals surface area contributed by atoms with Crippen molar-refractivity contribution in [3.8, 4) is 0 Å². The van der Waals surface area contributed by atoms with E-state index in [1.807, 2.05) is 38.1 Å². The number of rotatable bonds is 3. The van der Waals surface area contributed by atoms with Gasteiger partial charge in [0, 0.05) is 6.92 Å². The zero-order valence-corrected chi connectivity index (χ0v) is 8.91. The molecular formula is C12H16O2. The molecular weight excluding hydrogens is 176 g/mol. The largest absolute Gasteiger partial charge is 0.458 e. The molecule has 0 N–H and O–H groups in total. The second kappa shape index (κ2) is 4.80. The van der Waals surface area contributed by atoms with E-state index in [0.717, 1.165) is 12.0 Å². The fourth-order valence-electron chi connectivity index (χ4n) is 1.37. The van der Waals surface area contributed by atoms with Crippen LogP contribution in [-0.2, 0) is 9.53 Å². The highest BCUT2D eigenvalue weighted by Crippen LogP contribution is 2.21. The standard InChI is InChI=1S/C12H16O2/c1-4-12(14-10(3)13)11-7-5-9(2)6-8-11/h5-8,12H,4H2,1-3H3. The zero-order chi connectivity index (χ0) is 10.6. The summed E-state index contributed by atoms with van der Waals surface area (Å²) in [4.78, 5) is 10.8. The number of esters is 1. The van der Waals surface area contributed by atoms with E-state index in [1.54, 1.807) is 0 Å². The van der Waals surface area contributed by atoms with Crippen LogP contribution in [0.3, 0.4) is 0 Å². The van der Waals surface area contributed by atoms with Gasteiger partial charge in [-0.05, 0) is 18.9 Å². The summed E-state index contributed by atoms with van der Waals surface area (Å²) < 4.78 is 5.19. The number of hydrogen-bond donors (Lipinski definition) is 0. The Balaban J connectivity index is 2.78. The summed E-state index contributed by atoms with van der Waals surface area (Å²) in [7, 11) is 0. The maximum Gasteiger partial charge on any atom is 0.303 e. The Morgan fingerprint density at radius 2 is 1.93 bits per heavy atom. The van der Waals surface area contributed by atoms with Crippen LogP contribution in [0, 0.1) is 6.92 Å². The molecule has 0 aliphatic carbocycles. The van der Waals surface area contributed by atoms with Crippen molar-refractivity contribution in [1.29, 1.82) is 0 Å².